The largest absolute Gasteiger partial charge is 0.371 e. The topological polar surface area (TPSA) is 22.3 Å². The highest BCUT2D eigenvalue weighted by molar-refractivity contribution is 5.85. The standard InChI is InChI=1S/C26H29F4N3/c1-15-7-9-32(10-8-15)17-12-20(27)24(21(28)13-17)26-25-19(11-16(2)33(26)14-23(29)30)18-5-3-4-6-22(18)31-25/h3-6,12-13,15-16,23,26,31H,7-11,14H2,1-2H3/t16-,26?/m1/s1. The van der Waals surface area contributed by atoms with Crippen LogP contribution in [0.3, 0.4) is 0 Å². The Labute approximate surface area is 191 Å². The van der Waals surface area contributed by atoms with E-state index in [0.717, 1.165) is 42.4 Å². The molecule has 1 saturated heterocycles. The van der Waals surface area contributed by atoms with Gasteiger partial charge in [0.2, 0.25) is 0 Å². The van der Waals surface area contributed by atoms with Crippen LogP contribution >= 0.6 is 0 Å². The van der Waals surface area contributed by atoms with Crippen LogP contribution in [0.2, 0.25) is 0 Å². The van der Waals surface area contributed by atoms with E-state index in [2.05, 4.69) is 11.9 Å². The molecule has 0 aliphatic carbocycles. The van der Waals surface area contributed by atoms with Crippen LogP contribution in [0.25, 0.3) is 10.9 Å². The van der Waals surface area contributed by atoms with Crippen LogP contribution in [0.5, 0.6) is 0 Å². The lowest BCUT2D eigenvalue weighted by atomic mass is 9.88. The van der Waals surface area contributed by atoms with Crippen molar-refractivity contribution in [3.8, 4) is 0 Å². The highest BCUT2D eigenvalue weighted by Crippen LogP contribution is 2.43. The first-order valence-corrected chi connectivity index (χ1v) is 11.7. The van der Waals surface area contributed by atoms with Crippen LogP contribution in [0.4, 0.5) is 23.2 Å². The van der Waals surface area contributed by atoms with Crippen molar-refractivity contribution in [2.24, 2.45) is 5.92 Å². The average Bonchev–Trinajstić information content (AvgIpc) is 3.13. The molecule has 3 heterocycles. The van der Waals surface area contributed by atoms with E-state index in [4.69, 9.17) is 0 Å². The van der Waals surface area contributed by atoms with Crippen LogP contribution in [-0.2, 0) is 6.42 Å². The minimum Gasteiger partial charge on any atom is -0.371 e. The SMILES string of the molecule is CC1CCN(c2cc(F)c(C3c4[nH]c5ccccc5c4C[C@@H](C)N3CC(F)F)c(F)c2)CC1. The van der Waals surface area contributed by atoms with E-state index < -0.39 is 30.6 Å². The van der Waals surface area contributed by atoms with Gasteiger partial charge in [0.1, 0.15) is 11.6 Å². The van der Waals surface area contributed by atoms with E-state index in [1.807, 2.05) is 36.1 Å². The second-order valence-corrected chi connectivity index (χ2v) is 9.60. The number of aromatic amines is 1. The number of fused-ring (bicyclic) bond motifs is 3. The second kappa shape index (κ2) is 8.67. The van der Waals surface area contributed by atoms with Gasteiger partial charge in [0.05, 0.1) is 12.6 Å². The molecule has 3 aromatic rings. The first-order valence-electron chi connectivity index (χ1n) is 11.7. The quantitative estimate of drug-likeness (QED) is 0.464. The smallest absolute Gasteiger partial charge is 0.251 e. The van der Waals surface area contributed by atoms with Gasteiger partial charge < -0.3 is 9.88 Å². The van der Waals surface area contributed by atoms with Gasteiger partial charge in [-0.25, -0.2) is 17.6 Å². The van der Waals surface area contributed by atoms with Crippen molar-refractivity contribution in [1.82, 2.24) is 9.88 Å². The molecule has 0 spiro atoms. The molecule has 176 valence electrons. The minimum atomic E-state index is -2.61. The maximum absolute atomic E-state index is 15.6. The Bertz CT molecular complexity index is 1130. The normalized spacial score (nSPS) is 22.3. The van der Waals surface area contributed by atoms with Crippen LogP contribution in [0.1, 0.15) is 49.6 Å². The number of benzene rings is 2. The third-order valence-corrected chi connectivity index (χ3v) is 7.35. The molecule has 2 atom stereocenters. The molecule has 0 radical (unpaired) electrons. The lowest BCUT2D eigenvalue weighted by Gasteiger charge is -2.41. The Balaban J connectivity index is 1.62. The average molecular weight is 460 g/mol. The van der Waals surface area contributed by atoms with Crippen molar-refractivity contribution in [1.29, 1.82) is 0 Å². The van der Waals surface area contributed by atoms with Crippen molar-refractivity contribution in [2.45, 2.75) is 51.6 Å². The van der Waals surface area contributed by atoms with Gasteiger partial charge in [0.15, 0.2) is 0 Å². The monoisotopic (exact) mass is 459 g/mol. The molecule has 5 rings (SSSR count). The van der Waals surface area contributed by atoms with E-state index >= 15 is 8.78 Å². The second-order valence-electron chi connectivity index (χ2n) is 9.60. The predicted octanol–water partition coefficient (Wildman–Crippen LogP) is 6.28. The molecule has 2 aliphatic heterocycles. The highest BCUT2D eigenvalue weighted by atomic mass is 19.3. The summed E-state index contributed by atoms with van der Waals surface area (Å²) in [7, 11) is 0. The summed E-state index contributed by atoms with van der Waals surface area (Å²) in [5, 5.41) is 0.973. The molecule has 2 aromatic carbocycles. The molecule has 0 amide bonds. The third-order valence-electron chi connectivity index (χ3n) is 7.35. The van der Waals surface area contributed by atoms with Crippen molar-refractivity contribution in [2.75, 3.05) is 24.5 Å². The highest BCUT2D eigenvalue weighted by Gasteiger charge is 2.40. The number of piperidine rings is 1. The zero-order valence-electron chi connectivity index (χ0n) is 18.9. The Morgan fingerprint density at radius 3 is 2.36 bits per heavy atom. The van der Waals surface area contributed by atoms with E-state index in [-0.39, 0.29) is 11.6 Å². The minimum absolute atomic E-state index is 0.163. The van der Waals surface area contributed by atoms with E-state index in [0.29, 0.717) is 23.7 Å². The number of hydrogen-bond acceptors (Lipinski definition) is 2. The van der Waals surface area contributed by atoms with Crippen molar-refractivity contribution in [3.63, 3.8) is 0 Å². The third kappa shape index (κ3) is 4.01. The molecule has 33 heavy (non-hydrogen) atoms. The molecule has 1 aromatic heterocycles. The Hall–Kier alpha value is -2.54. The number of nitrogens with one attached hydrogen (secondary N) is 1. The van der Waals surface area contributed by atoms with Gasteiger partial charge in [-0.15, -0.1) is 0 Å². The zero-order valence-corrected chi connectivity index (χ0v) is 18.9. The van der Waals surface area contributed by atoms with Crippen LogP contribution in [0, 0.1) is 17.6 Å². The molecule has 7 heteroatoms. The van der Waals surface area contributed by atoms with Crippen LogP contribution in [-0.4, -0.2) is 42.0 Å². The molecule has 0 saturated carbocycles. The summed E-state index contributed by atoms with van der Waals surface area (Å²) in [5.41, 5.74) is 2.75. The molecule has 1 N–H and O–H groups in total. The van der Waals surface area contributed by atoms with Crippen molar-refractivity contribution in [3.05, 3.63) is 64.9 Å². The number of nitrogens with zero attached hydrogens (tertiary/aromatic N) is 2. The molecule has 3 nitrogen and oxygen atoms in total. The summed E-state index contributed by atoms with van der Waals surface area (Å²) in [4.78, 5) is 6.83. The van der Waals surface area contributed by atoms with E-state index in [1.165, 1.54) is 17.0 Å². The van der Waals surface area contributed by atoms with Crippen molar-refractivity contribution < 1.29 is 17.6 Å². The van der Waals surface area contributed by atoms with Crippen LogP contribution in [0.15, 0.2) is 36.4 Å². The molecule has 2 aliphatic rings. The summed E-state index contributed by atoms with van der Waals surface area (Å²) in [6.45, 7) is 4.98. The molecule has 1 fully saturated rings. The van der Waals surface area contributed by atoms with Gasteiger partial charge in [-0.1, -0.05) is 25.1 Å². The van der Waals surface area contributed by atoms with Crippen LogP contribution < -0.4 is 4.90 Å². The van der Waals surface area contributed by atoms with E-state index in [9.17, 15) is 8.78 Å². The number of hydrogen-bond donors (Lipinski definition) is 1. The fourth-order valence-corrected chi connectivity index (χ4v) is 5.54. The van der Waals surface area contributed by atoms with E-state index in [1.54, 1.807) is 0 Å². The maximum Gasteiger partial charge on any atom is 0.251 e. The van der Waals surface area contributed by atoms with Gasteiger partial charge in [0, 0.05) is 47.0 Å². The summed E-state index contributed by atoms with van der Waals surface area (Å²) < 4.78 is 58.4. The number of halogens is 4. The predicted molar refractivity (Wildman–Crippen MR) is 123 cm³/mol. The van der Waals surface area contributed by atoms with Gasteiger partial charge in [0.25, 0.3) is 6.43 Å². The Morgan fingerprint density at radius 1 is 1.03 bits per heavy atom. The van der Waals surface area contributed by atoms with Gasteiger partial charge in [-0.2, -0.15) is 0 Å². The number of alkyl halides is 2. The zero-order chi connectivity index (χ0) is 23.3. The summed E-state index contributed by atoms with van der Waals surface area (Å²) in [5.74, 6) is -0.777. The number of para-hydroxylation sites is 1. The van der Waals surface area contributed by atoms with Gasteiger partial charge >= 0.3 is 0 Å². The van der Waals surface area contributed by atoms with Gasteiger partial charge in [-0.3, -0.25) is 4.90 Å². The fourth-order valence-electron chi connectivity index (χ4n) is 5.54. The molecular formula is C26H29F4N3. The summed E-state index contributed by atoms with van der Waals surface area (Å²) >= 11 is 0. The number of anilines is 1. The lowest BCUT2D eigenvalue weighted by molar-refractivity contribution is 0.0438. The first-order chi connectivity index (χ1) is 15.8. The lowest BCUT2D eigenvalue weighted by Crippen LogP contribution is -2.45. The number of H-pyrrole nitrogens is 1. The maximum atomic E-state index is 15.6. The van der Waals surface area contributed by atoms with Crippen molar-refractivity contribution >= 4 is 16.6 Å². The molecule has 1 unspecified atom stereocenters. The first kappa shape index (κ1) is 22.3. The Morgan fingerprint density at radius 2 is 1.70 bits per heavy atom. The molecule has 0 bridgehead atoms. The Kier molecular flexibility index (Phi) is 5.85. The summed E-state index contributed by atoms with van der Waals surface area (Å²) in [6, 6.07) is 9.17. The fraction of sp³-hybridized carbons (Fsp3) is 0.462. The molecular weight excluding hydrogens is 430 g/mol. The van der Waals surface area contributed by atoms with Gasteiger partial charge in [-0.05, 0) is 55.9 Å². The number of rotatable bonds is 4. The number of aromatic nitrogens is 1. The summed E-state index contributed by atoms with van der Waals surface area (Å²) in [6.07, 6.45) is -0.116.